The number of nitrogens with one attached hydrogen (secondary N) is 2. The first kappa shape index (κ1) is 24.9. The van der Waals surface area contributed by atoms with Gasteiger partial charge in [-0.1, -0.05) is 62.9 Å². The van der Waals surface area contributed by atoms with E-state index in [1.807, 2.05) is 5.32 Å². The number of nitrogens with zero attached hydrogens (tertiary/aromatic N) is 1. The zero-order valence-electron chi connectivity index (χ0n) is 16.2. The molecule has 0 aliphatic heterocycles. The van der Waals surface area contributed by atoms with Gasteiger partial charge in [0.05, 0.1) is 22.7 Å². The number of hydrogen-bond donors (Lipinski definition) is 2. The van der Waals surface area contributed by atoms with E-state index in [0.717, 1.165) is 18.2 Å². The van der Waals surface area contributed by atoms with Gasteiger partial charge in [-0.25, -0.2) is 13.6 Å². The summed E-state index contributed by atoms with van der Waals surface area (Å²) in [7, 11) is 0. The molecule has 0 aliphatic rings. The zero-order chi connectivity index (χ0) is 24.3. The van der Waals surface area contributed by atoms with Gasteiger partial charge in [0.25, 0.3) is 5.91 Å². The second-order valence-corrected chi connectivity index (χ2v) is 8.69. The standard InChI is InChI=1S/C22H11BrCl3F2N3O2/c23-14-6-10(24)4-5-11(14)13(9-29)12-7-16(26)19(8-15(12)25)30-22(33)31-21(32)20-17(27)2-1-3-18(20)28/h1-8,13H,(H2,30,31,32,33). The van der Waals surface area contributed by atoms with E-state index in [4.69, 9.17) is 34.8 Å². The third-order valence-corrected chi connectivity index (χ3v) is 6.03. The van der Waals surface area contributed by atoms with E-state index in [-0.39, 0.29) is 15.7 Å². The maximum atomic E-state index is 13.7. The van der Waals surface area contributed by atoms with E-state index in [1.165, 1.54) is 12.1 Å². The van der Waals surface area contributed by atoms with Crippen molar-refractivity contribution in [1.29, 1.82) is 5.26 Å². The van der Waals surface area contributed by atoms with E-state index in [2.05, 4.69) is 27.3 Å². The summed E-state index contributed by atoms with van der Waals surface area (Å²) < 4.78 is 28.1. The molecule has 0 bridgehead atoms. The molecule has 1 atom stereocenters. The van der Waals surface area contributed by atoms with Crippen LogP contribution in [0.2, 0.25) is 15.1 Å². The largest absolute Gasteiger partial charge is 0.326 e. The summed E-state index contributed by atoms with van der Waals surface area (Å²) in [5, 5.41) is 14.4. The second kappa shape index (κ2) is 10.5. The van der Waals surface area contributed by atoms with Crippen molar-refractivity contribution in [3.63, 3.8) is 0 Å². The Morgan fingerprint density at radius 2 is 1.64 bits per heavy atom. The van der Waals surface area contributed by atoms with Crippen LogP contribution >= 0.6 is 50.7 Å². The van der Waals surface area contributed by atoms with Crippen LogP contribution in [0, 0.1) is 23.0 Å². The van der Waals surface area contributed by atoms with Crippen LogP contribution in [0.5, 0.6) is 0 Å². The fraction of sp³-hybridized carbons (Fsp3) is 0.0455. The highest BCUT2D eigenvalue weighted by Crippen LogP contribution is 2.38. The molecule has 3 aromatic carbocycles. The maximum Gasteiger partial charge on any atom is 0.326 e. The Morgan fingerprint density at radius 3 is 2.24 bits per heavy atom. The summed E-state index contributed by atoms with van der Waals surface area (Å²) >= 11 is 21.9. The van der Waals surface area contributed by atoms with Gasteiger partial charge in [-0.05, 0) is 47.5 Å². The number of carbonyl (C=O) groups is 2. The molecule has 0 aliphatic carbocycles. The number of nitriles is 1. The monoisotopic (exact) mass is 571 g/mol. The molecule has 11 heteroatoms. The second-order valence-electron chi connectivity index (χ2n) is 6.59. The highest BCUT2D eigenvalue weighted by atomic mass is 79.9. The molecule has 0 spiro atoms. The van der Waals surface area contributed by atoms with Crippen LogP contribution < -0.4 is 10.6 Å². The molecular formula is C22H11BrCl3F2N3O2. The van der Waals surface area contributed by atoms with Crippen molar-refractivity contribution in [2.75, 3.05) is 5.32 Å². The molecule has 5 nitrogen and oxygen atoms in total. The summed E-state index contributed by atoms with van der Waals surface area (Å²) in [6.07, 6.45) is 0. The van der Waals surface area contributed by atoms with Crippen molar-refractivity contribution >= 4 is 68.4 Å². The van der Waals surface area contributed by atoms with Crippen LogP contribution in [-0.4, -0.2) is 11.9 Å². The third kappa shape index (κ3) is 5.63. The molecule has 3 aromatic rings. The van der Waals surface area contributed by atoms with Crippen LogP contribution in [0.15, 0.2) is 53.0 Å². The van der Waals surface area contributed by atoms with Gasteiger partial charge in [0.2, 0.25) is 0 Å². The Kier molecular flexibility index (Phi) is 7.92. The average molecular weight is 574 g/mol. The van der Waals surface area contributed by atoms with Gasteiger partial charge < -0.3 is 5.32 Å². The number of anilines is 1. The molecule has 33 heavy (non-hydrogen) atoms. The predicted molar refractivity (Wildman–Crippen MR) is 126 cm³/mol. The Balaban J connectivity index is 1.83. The Hall–Kier alpha value is -2.70. The molecule has 0 saturated heterocycles. The first-order valence-corrected chi connectivity index (χ1v) is 10.9. The van der Waals surface area contributed by atoms with Crippen molar-refractivity contribution < 1.29 is 18.4 Å². The summed E-state index contributed by atoms with van der Waals surface area (Å²) in [5.74, 6) is -4.34. The van der Waals surface area contributed by atoms with Gasteiger partial charge in [0, 0.05) is 14.5 Å². The van der Waals surface area contributed by atoms with Crippen LogP contribution in [0.3, 0.4) is 0 Å². The first-order chi connectivity index (χ1) is 15.6. The molecule has 3 amide bonds. The SMILES string of the molecule is N#CC(c1cc(Cl)c(NC(=O)NC(=O)c2c(F)cccc2F)cc1Cl)c1ccc(Cl)cc1Br. The number of carbonyl (C=O) groups excluding carboxylic acids is 2. The number of halogens is 6. The van der Waals surface area contributed by atoms with Gasteiger partial charge in [-0.15, -0.1) is 0 Å². The minimum atomic E-state index is -1.28. The number of benzene rings is 3. The van der Waals surface area contributed by atoms with Crippen molar-refractivity contribution in [1.82, 2.24) is 5.32 Å². The van der Waals surface area contributed by atoms with Crippen molar-refractivity contribution in [3.8, 4) is 6.07 Å². The molecule has 3 rings (SSSR count). The van der Waals surface area contributed by atoms with E-state index in [1.54, 1.807) is 18.2 Å². The summed E-state index contributed by atoms with van der Waals surface area (Å²) in [6, 6.07) is 11.5. The minimum Gasteiger partial charge on any atom is -0.306 e. The Morgan fingerprint density at radius 1 is 0.970 bits per heavy atom. The lowest BCUT2D eigenvalue weighted by molar-refractivity contribution is 0.0959. The van der Waals surface area contributed by atoms with Gasteiger partial charge in [0.15, 0.2) is 0 Å². The quantitative estimate of drug-likeness (QED) is 0.344. The Bertz CT molecular complexity index is 1290. The number of hydrogen-bond acceptors (Lipinski definition) is 3. The predicted octanol–water partition coefficient (Wildman–Crippen LogP) is 7.30. The fourth-order valence-electron chi connectivity index (χ4n) is 2.96. The molecule has 2 N–H and O–H groups in total. The van der Waals surface area contributed by atoms with Crippen molar-refractivity contribution in [2.24, 2.45) is 0 Å². The molecule has 0 aromatic heterocycles. The normalized spacial score (nSPS) is 11.4. The van der Waals surface area contributed by atoms with Crippen LogP contribution in [0.25, 0.3) is 0 Å². The minimum absolute atomic E-state index is 0.0107. The van der Waals surface area contributed by atoms with Crippen molar-refractivity contribution in [3.05, 3.63) is 96.4 Å². The fourth-order valence-corrected chi connectivity index (χ4v) is 4.36. The summed E-state index contributed by atoms with van der Waals surface area (Å²) in [6.45, 7) is 0. The van der Waals surface area contributed by atoms with Crippen molar-refractivity contribution in [2.45, 2.75) is 5.92 Å². The molecule has 0 saturated carbocycles. The number of urea groups is 1. The van der Waals surface area contributed by atoms with E-state index in [9.17, 15) is 23.6 Å². The van der Waals surface area contributed by atoms with Gasteiger partial charge in [-0.2, -0.15) is 5.26 Å². The summed E-state index contributed by atoms with van der Waals surface area (Å²) in [5.41, 5.74) is 0.0626. The topological polar surface area (TPSA) is 82.0 Å². The molecular weight excluding hydrogens is 563 g/mol. The highest BCUT2D eigenvalue weighted by Gasteiger charge is 2.23. The third-order valence-electron chi connectivity index (χ3n) is 4.47. The Labute approximate surface area is 210 Å². The van der Waals surface area contributed by atoms with E-state index >= 15 is 0 Å². The highest BCUT2D eigenvalue weighted by molar-refractivity contribution is 9.10. The first-order valence-electron chi connectivity index (χ1n) is 9.02. The van der Waals surface area contributed by atoms with Crippen LogP contribution in [0.1, 0.15) is 27.4 Å². The van der Waals surface area contributed by atoms with Crippen LogP contribution in [-0.2, 0) is 0 Å². The van der Waals surface area contributed by atoms with Gasteiger partial charge >= 0.3 is 6.03 Å². The average Bonchev–Trinajstić information content (AvgIpc) is 2.73. The molecule has 168 valence electrons. The van der Waals surface area contributed by atoms with E-state index < -0.39 is 35.1 Å². The maximum absolute atomic E-state index is 13.7. The lowest BCUT2D eigenvalue weighted by Gasteiger charge is -2.16. The van der Waals surface area contributed by atoms with E-state index in [0.29, 0.717) is 20.6 Å². The number of imide groups is 1. The van der Waals surface area contributed by atoms with Gasteiger partial charge in [0.1, 0.15) is 17.2 Å². The lowest BCUT2D eigenvalue weighted by atomic mass is 9.92. The zero-order valence-corrected chi connectivity index (χ0v) is 20.1. The summed E-state index contributed by atoms with van der Waals surface area (Å²) in [4.78, 5) is 24.3. The number of amides is 3. The van der Waals surface area contributed by atoms with Crippen LogP contribution in [0.4, 0.5) is 19.3 Å². The smallest absolute Gasteiger partial charge is 0.306 e. The number of rotatable bonds is 4. The van der Waals surface area contributed by atoms with Gasteiger partial charge in [-0.3, -0.25) is 10.1 Å². The molecule has 1 unspecified atom stereocenters. The molecule has 0 fully saturated rings. The lowest BCUT2D eigenvalue weighted by Crippen LogP contribution is -2.35. The molecule has 0 heterocycles. The molecule has 0 radical (unpaired) electrons.